The lowest BCUT2D eigenvalue weighted by molar-refractivity contribution is -0.137. The topological polar surface area (TPSA) is 69.2 Å². The summed E-state index contributed by atoms with van der Waals surface area (Å²) in [6.45, 7) is -0.125. The number of nitrogens with one attached hydrogen (secondary N) is 1. The first-order chi connectivity index (χ1) is 12.8. The monoisotopic (exact) mass is 395 g/mol. The Morgan fingerprint density at radius 2 is 1.96 bits per heavy atom. The highest BCUT2D eigenvalue weighted by Gasteiger charge is 2.34. The summed E-state index contributed by atoms with van der Waals surface area (Å²) in [5, 5.41) is 15.6. The average molecular weight is 396 g/mol. The molecule has 0 aliphatic rings. The molecule has 0 aliphatic carbocycles. The first-order valence-electron chi connectivity index (χ1n) is 7.71. The number of hydrogen-bond donors (Lipinski definition) is 2. The van der Waals surface area contributed by atoms with Gasteiger partial charge in [0.15, 0.2) is 0 Å². The zero-order chi connectivity index (χ0) is 19.6. The molecule has 27 heavy (non-hydrogen) atoms. The van der Waals surface area contributed by atoms with Crippen LogP contribution >= 0.6 is 11.6 Å². The van der Waals surface area contributed by atoms with Gasteiger partial charge in [-0.05, 0) is 35.4 Å². The van der Waals surface area contributed by atoms with Gasteiger partial charge in [-0.15, -0.1) is 0 Å². The van der Waals surface area contributed by atoms with Crippen LogP contribution < -0.4 is 4.90 Å². The van der Waals surface area contributed by atoms with Crippen molar-refractivity contribution in [3.63, 3.8) is 0 Å². The number of carboxylic acid groups (broad SMARTS) is 1. The highest BCUT2D eigenvalue weighted by atomic mass is 35.5. The molecular formula is C18H13ClF3N3O2. The lowest BCUT2D eigenvalue weighted by atomic mass is 10.1. The van der Waals surface area contributed by atoms with Gasteiger partial charge in [-0.1, -0.05) is 29.8 Å². The summed E-state index contributed by atoms with van der Waals surface area (Å²) in [6.07, 6.45) is -2.76. The van der Waals surface area contributed by atoms with Gasteiger partial charge in [0.2, 0.25) is 0 Å². The zero-order valence-electron chi connectivity index (χ0n) is 13.7. The number of carbonyl (C=O) groups is 1. The fraction of sp³-hybridized carbons (Fsp3) is 0.111. The van der Waals surface area contributed by atoms with E-state index in [0.717, 1.165) is 28.2 Å². The predicted octanol–water partition coefficient (Wildman–Crippen LogP) is 5.43. The number of amides is 1. The van der Waals surface area contributed by atoms with E-state index in [-0.39, 0.29) is 12.2 Å². The van der Waals surface area contributed by atoms with E-state index in [1.165, 1.54) is 6.07 Å². The number of aromatic nitrogens is 2. The molecule has 1 amide bonds. The number of anilines is 1. The Morgan fingerprint density at radius 3 is 2.59 bits per heavy atom. The number of H-pyrrole nitrogens is 1. The number of rotatable bonds is 4. The SMILES string of the molecule is O=C(O)N(Cc1cccc(-c2cn[nH]c2)c1)c1ccc(Cl)c(C(F)(F)F)c1. The fourth-order valence-electron chi connectivity index (χ4n) is 2.61. The number of alkyl halides is 3. The van der Waals surface area contributed by atoms with Gasteiger partial charge < -0.3 is 5.11 Å². The van der Waals surface area contributed by atoms with E-state index >= 15 is 0 Å². The molecule has 0 aliphatic heterocycles. The van der Waals surface area contributed by atoms with Crippen LogP contribution in [0.1, 0.15) is 11.1 Å². The van der Waals surface area contributed by atoms with E-state index in [9.17, 15) is 23.1 Å². The van der Waals surface area contributed by atoms with Gasteiger partial charge >= 0.3 is 12.3 Å². The molecule has 0 bridgehead atoms. The molecule has 0 unspecified atom stereocenters. The highest BCUT2D eigenvalue weighted by Crippen LogP contribution is 2.37. The number of nitrogens with zero attached hydrogens (tertiary/aromatic N) is 2. The summed E-state index contributed by atoms with van der Waals surface area (Å²) in [6, 6.07) is 10.0. The Balaban J connectivity index is 1.94. The molecule has 2 aromatic carbocycles. The number of halogens is 4. The minimum atomic E-state index is -4.68. The molecular weight excluding hydrogens is 383 g/mol. The van der Waals surface area contributed by atoms with Crippen molar-refractivity contribution in [2.24, 2.45) is 0 Å². The van der Waals surface area contributed by atoms with Crippen molar-refractivity contribution in [1.29, 1.82) is 0 Å². The summed E-state index contributed by atoms with van der Waals surface area (Å²) in [5.74, 6) is 0. The molecule has 140 valence electrons. The zero-order valence-corrected chi connectivity index (χ0v) is 14.4. The van der Waals surface area contributed by atoms with Gasteiger partial charge in [0, 0.05) is 17.4 Å². The summed E-state index contributed by atoms with van der Waals surface area (Å²) >= 11 is 5.61. The molecule has 0 saturated carbocycles. The molecule has 0 fully saturated rings. The van der Waals surface area contributed by atoms with E-state index in [2.05, 4.69) is 10.2 Å². The maximum Gasteiger partial charge on any atom is 0.417 e. The van der Waals surface area contributed by atoms with Crippen molar-refractivity contribution in [1.82, 2.24) is 10.2 Å². The summed E-state index contributed by atoms with van der Waals surface area (Å²) < 4.78 is 39.2. The molecule has 9 heteroatoms. The van der Waals surface area contributed by atoms with Crippen molar-refractivity contribution in [3.05, 3.63) is 71.0 Å². The minimum Gasteiger partial charge on any atom is -0.465 e. The molecule has 0 saturated heterocycles. The van der Waals surface area contributed by atoms with Crippen molar-refractivity contribution < 1.29 is 23.1 Å². The summed E-state index contributed by atoms with van der Waals surface area (Å²) in [7, 11) is 0. The highest BCUT2D eigenvalue weighted by molar-refractivity contribution is 6.31. The number of aromatic amines is 1. The molecule has 3 aromatic rings. The maximum atomic E-state index is 13.1. The number of hydrogen-bond acceptors (Lipinski definition) is 2. The smallest absolute Gasteiger partial charge is 0.417 e. The van der Waals surface area contributed by atoms with E-state index in [4.69, 9.17) is 11.6 Å². The quantitative estimate of drug-likeness (QED) is 0.618. The second-order valence-electron chi connectivity index (χ2n) is 5.72. The second kappa shape index (κ2) is 7.32. The van der Waals surface area contributed by atoms with Crippen molar-refractivity contribution in [3.8, 4) is 11.1 Å². The van der Waals surface area contributed by atoms with Crippen molar-refractivity contribution in [2.45, 2.75) is 12.7 Å². The molecule has 0 spiro atoms. The van der Waals surface area contributed by atoms with Gasteiger partial charge in [-0.3, -0.25) is 10.00 Å². The Bertz CT molecular complexity index is 959. The van der Waals surface area contributed by atoms with E-state index in [1.807, 2.05) is 6.07 Å². The van der Waals surface area contributed by atoms with Gasteiger partial charge in [0.25, 0.3) is 0 Å². The largest absolute Gasteiger partial charge is 0.465 e. The van der Waals surface area contributed by atoms with Gasteiger partial charge in [-0.2, -0.15) is 18.3 Å². The third-order valence-corrected chi connectivity index (χ3v) is 4.23. The maximum absolute atomic E-state index is 13.1. The standard InChI is InChI=1S/C18H13ClF3N3O2/c19-16-5-4-14(7-15(16)18(20,21)22)25(17(26)27)10-11-2-1-3-12(6-11)13-8-23-24-9-13/h1-9H,10H2,(H,23,24)(H,26,27). The first-order valence-corrected chi connectivity index (χ1v) is 8.09. The van der Waals surface area contributed by atoms with Gasteiger partial charge in [0.05, 0.1) is 23.3 Å². The van der Waals surface area contributed by atoms with Crippen LogP contribution in [-0.2, 0) is 12.7 Å². The van der Waals surface area contributed by atoms with Crippen LogP contribution in [0, 0.1) is 0 Å². The average Bonchev–Trinajstić information content (AvgIpc) is 3.14. The van der Waals surface area contributed by atoms with Crippen LogP contribution in [0.5, 0.6) is 0 Å². The second-order valence-corrected chi connectivity index (χ2v) is 6.13. The third-order valence-electron chi connectivity index (χ3n) is 3.90. The molecule has 1 aromatic heterocycles. The molecule has 5 nitrogen and oxygen atoms in total. The van der Waals surface area contributed by atoms with Crippen LogP contribution in [0.4, 0.5) is 23.7 Å². The van der Waals surface area contributed by atoms with Crippen molar-refractivity contribution >= 4 is 23.4 Å². The Hall–Kier alpha value is -3.00. The molecule has 3 rings (SSSR count). The summed E-state index contributed by atoms with van der Waals surface area (Å²) in [5.41, 5.74) is 1.02. The first kappa shape index (κ1) is 18.8. The number of benzene rings is 2. The third kappa shape index (κ3) is 4.22. The van der Waals surface area contributed by atoms with E-state index in [0.29, 0.717) is 5.56 Å². The fourth-order valence-corrected chi connectivity index (χ4v) is 2.83. The van der Waals surface area contributed by atoms with Gasteiger partial charge in [0.1, 0.15) is 0 Å². The minimum absolute atomic E-state index is 0.118. The van der Waals surface area contributed by atoms with E-state index in [1.54, 1.807) is 30.6 Å². The van der Waals surface area contributed by atoms with Crippen LogP contribution in [0.2, 0.25) is 5.02 Å². The molecule has 1 heterocycles. The van der Waals surface area contributed by atoms with Gasteiger partial charge in [-0.25, -0.2) is 4.79 Å². The Kier molecular flexibility index (Phi) is 5.09. The lowest BCUT2D eigenvalue weighted by Crippen LogP contribution is -2.29. The van der Waals surface area contributed by atoms with Crippen LogP contribution in [0.3, 0.4) is 0 Å². The Morgan fingerprint density at radius 1 is 1.19 bits per heavy atom. The van der Waals surface area contributed by atoms with Crippen LogP contribution in [0.25, 0.3) is 11.1 Å². The van der Waals surface area contributed by atoms with Crippen LogP contribution in [-0.4, -0.2) is 21.4 Å². The predicted molar refractivity (Wildman–Crippen MR) is 94.7 cm³/mol. The molecule has 0 radical (unpaired) electrons. The normalized spacial score (nSPS) is 11.4. The van der Waals surface area contributed by atoms with E-state index < -0.39 is 22.9 Å². The van der Waals surface area contributed by atoms with Crippen molar-refractivity contribution in [2.75, 3.05) is 4.90 Å². The molecule has 2 N–H and O–H groups in total. The Labute approximate surface area is 157 Å². The lowest BCUT2D eigenvalue weighted by Gasteiger charge is -2.21. The van der Waals surface area contributed by atoms with Crippen LogP contribution in [0.15, 0.2) is 54.9 Å². The molecule has 0 atom stereocenters. The summed E-state index contributed by atoms with van der Waals surface area (Å²) in [4.78, 5) is 12.5.